The third kappa shape index (κ3) is 6.21. The van der Waals surface area contributed by atoms with Gasteiger partial charge in [-0.25, -0.2) is 4.98 Å². The van der Waals surface area contributed by atoms with E-state index >= 15 is 0 Å². The summed E-state index contributed by atoms with van der Waals surface area (Å²) in [7, 11) is 1.63. The lowest BCUT2D eigenvalue weighted by Crippen LogP contribution is -2.40. The molecule has 0 spiro atoms. The molecule has 0 saturated carbocycles. The van der Waals surface area contributed by atoms with E-state index in [1.165, 1.54) is 23.1 Å². The molecule has 9 heteroatoms. The number of alkyl halides is 3. The van der Waals surface area contributed by atoms with Crippen LogP contribution in [0.25, 0.3) is 0 Å². The first-order chi connectivity index (χ1) is 12.4. The number of benzene rings is 1. The maximum atomic E-state index is 12.9. The molecule has 0 aliphatic rings. The Morgan fingerprint density at radius 3 is 2.62 bits per heavy atom. The lowest BCUT2D eigenvalue weighted by molar-refractivity contribution is -0.138. The van der Waals surface area contributed by atoms with Crippen LogP contribution in [-0.4, -0.2) is 37.7 Å². The van der Waals surface area contributed by atoms with Gasteiger partial charge in [-0.05, 0) is 19.1 Å². The van der Waals surface area contributed by atoms with Gasteiger partial charge in [0.15, 0.2) is 5.96 Å². The smallest absolute Gasteiger partial charge is 0.419 e. The van der Waals surface area contributed by atoms with Gasteiger partial charge in [0.2, 0.25) is 0 Å². The molecule has 0 atom stereocenters. The molecule has 26 heavy (non-hydrogen) atoms. The van der Waals surface area contributed by atoms with Crippen LogP contribution in [0.2, 0.25) is 0 Å². The number of rotatable bonds is 7. The summed E-state index contributed by atoms with van der Waals surface area (Å²) in [6, 6.07) is 5.16. The lowest BCUT2D eigenvalue weighted by Gasteiger charge is -2.15. The standard InChI is InChI=1S/C17H21F3N4OS/c1-12-11-24-15(26-12)7-8-22-16(21-2)23-9-10-25-14-6-4-3-5-13(14)17(18,19)20/h3-6,11H,7-10H2,1-2H3,(H2,21,22,23). The fourth-order valence-corrected chi connectivity index (χ4v) is 2.97. The first-order valence-electron chi connectivity index (χ1n) is 8.05. The van der Waals surface area contributed by atoms with Crippen molar-refractivity contribution in [2.45, 2.75) is 19.5 Å². The molecule has 2 N–H and O–H groups in total. The number of aryl methyl sites for hydroxylation is 1. The molecule has 2 rings (SSSR count). The Labute approximate surface area is 154 Å². The highest BCUT2D eigenvalue weighted by molar-refractivity contribution is 7.11. The Bertz CT molecular complexity index is 731. The largest absolute Gasteiger partial charge is 0.491 e. The molecule has 0 bridgehead atoms. The van der Waals surface area contributed by atoms with Gasteiger partial charge >= 0.3 is 6.18 Å². The first kappa shape index (κ1) is 20.0. The number of aliphatic imine (C=N–C) groups is 1. The predicted octanol–water partition coefficient (Wildman–Crippen LogP) is 3.26. The summed E-state index contributed by atoms with van der Waals surface area (Å²) in [5, 5.41) is 7.18. The van der Waals surface area contributed by atoms with E-state index in [0.717, 1.165) is 17.5 Å². The van der Waals surface area contributed by atoms with Gasteiger partial charge in [-0.1, -0.05) is 12.1 Å². The molecule has 0 radical (unpaired) electrons. The van der Waals surface area contributed by atoms with E-state index in [1.807, 2.05) is 13.1 Å². The molecule has 1 aromatic carbocycles. The van der Waals surface area contributed by atoms with Gasteiger partial charge in [-0.2, -0.15) is 13.2 Å². The number of ether oxygens (including phenoxy) is 1. The van der Waals surface area contributed by atoms with Crippen molar-refractivity contribution in [2.75, 3.05) is 26.7 Å². The minimum atomic E-state index is -4.43. The molecule has 1 heterocycles. The molecule has 1 aromatic heterocycles. The number of aromatic nitrogens is 1. The van der Waals surface area contributed by atoms with Crippen molar-refractivity contribution in [3.8, 4) is 5.75 Å². The Morgan fingerprint density at radius 1 is 1.23 bits per heavy atom. The molecule has 142 valence electrons. The van der Waals surface area contributed by atoms with Gasteiger partial charge in [0, 0.05) is 31.1 Å². The molecule has 0 unspecified atom stereocenters. The van der Waals surface area contributed by atoms with Crippen LogP contribution in [0.4, 0.5) is 13.2 Å². The van der Waals surface area contributed by atoms with Crippen LogP contribution in [-0.2, 0) is 12.6 Å². The minimum Gasteiger partial charge on any atom is -0.491 e. The van der Waals surface area contributed by atoms with E-state index < -0.39 is 11.7 Å². The number of hydrogen-bond donors (Lipinski definition) is 2. The van der Waals surface area contributed by atoms with E-state index in [1.54, 1.807) is 18.4 Å². The molecule has 0 saturated heterocycles. The summed E-state index contributed by atoms with van der Waals surface area (Å²) < 4.78 is 43.9. The zero-order chi connectivity index (χ0) is 19.0. The normalized spacial score (nSPS) is 12.1. The minimum absolute atomic E-state index is 0.0828. The topological polar surface area (TPSA) is 58.5 Å². The monoisotopic (exact) mass is 386 g/mol. The van der Waals surface area contributed by atoms with E-state index in [9.17, 15) is 13.2 Å². The lowest BCUT2D eigenvalue weighted by atomic mass is 10.2. The van der Waals surface area contributed by atoms with Crippen LogP contribution in [0.1, 0.15) is 15.4 Å². The van der Waals surface area contributed by atoms with Crippen molar-refractivity contribution in [2.24, 2.45) is 4.99 Å². The highest BCUT2D eigenvalue weighted by Gasteiger charge is 2.33. The van der Waals surface area contributed by atoms with Gasteiger partial charge in [0.05, 0.1) is 17.1 Å². The van der Waals surface area contributed by atoms with Crippen molar-refractivity contribution in [1.82, 2.24) is 15.6 Å². The zero-order valence-corrected chi connectivity index (χ0v) is 15.4. The summed E-state index contributed by atoms with van der Waals surface area (Å²) >= 11 is 1.65. The molecule has 0 aliphatic carbocycles. The molecular weight excluding hydrogens is 365 g/mol. The van der Waals surface area contributed by atoms with E-state index in [4.69, 9.17) is 4.74 Å². The Balaban J connectivity index is 1.73. The maximum absolute atomic E-state index is 12.9. The van der Waals surface area contributed by atoms with Crippen LogP contribution in [0.15, 0.2) is 35.5 Å². The number of para-hydroxylation sites is 1. The Hall–Kier alpha value is -2.29. The van der Waals surface area contributed by atoms with Crippen LogP contribution in [0.5, 0.6) is 5.75 Å². The summed E-state index contributed by atoms with van der Waals surface area (Å²) in [6.45, 7) is 3.07. The summed E-state index contributed by atoms with van der Waals surface area (Å²) in [6.07, 6.45) is -1.83. The van der Waals surface area contributed by atoms with Gasteiger partial charge in [-0.3, -0.25) is 4.99 Å². The summed E-state index contributed by atoms with van der Waals surface area (Å²) in [5.41, 5.74) is -0.777. The van der Waals surface area contributed by atoms with Crippen molar-refractivity contribution in [1.29, 1.82) is 0 Å². The third-order valence-electron chi connectivity index (χ3n) is 3.37. The SMILES string of the molecule is CN=C(NCCOc1ccccc1C(F)(F)F)NCCc1ncc(C)s1. The van der Waals surface area contributed by atoms with Gasteiger partial charge in [0.1, 0.15) is 12.4 Å². The molecule has 0 fully saturated rings. The number of halogens is 3. The fourth-order valence-electron chi connectivity index (χ4n) is 2.18. The van der Waals surface area contributed by atoms with E-state index in [0.29, 0.717) is 19.0 Å². The quantitative estimate of drug-likeness (QED) is 0.436. The van der Waals surface area contributed by atoms with Crippen molar-refractivity contribution >= 4 is 17.3 Å². The first-order valence-corrected chi connectivity index (χ1v) is 8.86. The molecule has 0 aliphatic heterocycles. The average molecular weight is 386 g/mol. The second-order valence-corrected chi connectivity index (χ2v) is 6.70. The molecule has 2 aromatic rings. The number of thiazole rings is 1. The Kier molecular flexibility index (Phi) is 7.26. The molecule has 5 nitrogen and oxygen atoms in total. The van der Waals surface area contributed by atoms with Crippen molar-refractivity contribution < 1.29 is 17.9 Å². The van der Waals surface area contributed by atoms with Crippen LogP contribution in [0.3, 0.4) is 0 Å². The molecular formula is C17H21F3N4OS. The van der Waals surface area contributed by atoms with Crippen molar-refractivity contribution in [3.05, 3.63) is 45.9 Å². The number of nitrogens with one attached hydrogen (secondary N) is 2. The number of guanidine groups is 1. The van der Waals surface area contributed by atoms with Gasteiger partial charge in [0.25, 0.3) is 0 Å². The second kappa shape index (κ2) is 9.42. The maximum Gasteiger partial charge on any atom is 0.419 e. The fraction of sp³-hybridized carbons (Fsp3) is 0.412. The van der Waals surface area contributed by atoms with Gasteiger partial charge in [-0.15, -0.1) is 11.3 Å². The number of hydrogen-bond acceptors (Lipinski definition) is 4. The van der Waals surface area contributed by atoms with Gasteiger partial charge < -0.3 is 15.4 Å². The second-order valence-electron chi connectivity index (χ2n) is 5.38. The summed E-state index contributed by atoms with van der Waals surface area (Å²) in [5.74, 6) is 0.384. The average Bonchev–Trinajstić information content (AvgIpc) is 3.01. The highest BCUT2D eigenvalue weighted by Crippen LogP contribution is 2.35. The zero-order valence-electron chi connectivity index (χ0n) is 14.6. The summed E-state index contributed by atoms with van der Waals surface area (Å²) in [4.78, 5) is 9.52. The number of nitrogens with zero attached hydrogens (tertiary/aromatic N) is 2. The predicted molar refractivity (Wildman–Crippen MR) is 96.9 cm³/mol. The van der Waals surface area contributed by atoms with Crippen LogP contribution in [0, 0.1) is 6.92 Å². The van der Waals surface area contributed by atoms with Crippen molar-refractivity contribution in [3.63, 3.8) is 0 Å². The van der Waals surface area contributed by atoms with E-state index in [-0.39, 0.29) is 12.4 Å². The Morgan fingerprint density at radius 2 is 1.96 bits per heavy atom. The van der Waals surface area contributed by atoms with Crippen LogP contribution >= 0.6 is 11.3 Å². The van der Waals surface area contributed by atoms with E-state index in [2.05, 4.69) is 20.6 Å². The highest BCUT2D eigenvalue weighted by atomic mass is 32.1. The van der Waals surface area contributed by atoms with Crippen LogP contribution < -0.4 is 15.4 Å². The third-order valence-corrected chi connectivity index (χ3v) is 4.34. The molecule has 0 amide bonds.